The molecule has 0 aliphatic heterocycles. The molecule has 5 heteroatoms. The number of nitrogens with one attached hydrogen (secondary N) is 1. The Labute approximate surface area is 116 Å². The van der Waals surface area contributed by atoms with Crippen molar-refractivity contribution >= 4 is 23.2 Å². The van der Waals surface area contributed by atoms with Gasteiger partial charge in [-0.2, -0.15) is 0 Å². The lowest BCUT2D eigenvalue weighted by Gasteiger charge is -2.13. The van der Waals surface area contributed by atoms with E-state index in [0.717, 1.165) is 6.42 Å². The molecule has 1 aromatic rings. The van der Waals surface area contributed by atoms with Crippen molar-refractivity contribution in [3.05, 3.63) is 22.4 Å². The van der Waals surface area contributed by atoms with Crippen LogP contribution in [0.25, 0.3) is 0 Å². The SMILES string of the molecule is CC(Cc1cccs1)NC(=O)[C@H]1[C@@H](C(=O)O)C1(C)C. The van der Waals surface area contributed by atoms with Crippen LogP contribution in [0.4, 0.5) is 0 Å². The Morgan fingerprint density at radius 1 is 1.47 bits per heavy atom. The zero-order chi connectivity index (χ0) is 14.2. The van der Waals surface area contributed by atoms with Gasteiger partial charge in [0.1, 0.15) is 0 Å². The van der Waals surface area contributed by atoms with E-state index in [1.54, 1.807) is 11.3 Å². The van der Waals surface area contributed by atoms with Crippen molar-refractivity contribution in [2.24, 2.45) is 17.3 Å². The second-order valence-corrected chi connectivity index (χ2v) is 6.84. The summed E-state index contributed by atoms with van der Waals surface area (Å²) >= 11 is 1.66. The number of carboxylic acid groups (broad SMARTS) is 1. The first-order valence-electron chi connectivity index (χ1n) is 6.39. The van der Waals surface area contributed by atoms with Gasteiger partial charge in [-0.25, -0.2) is 0 Å². The first kappa shape index (κ1) is 14.1. The van der Waals surface area contributed by atoms with Crippen molar-refractivity contribution in [2.75, 3.05) is 0 Å². The Kier molecular flexibility index (Phi) is 3.67. The number of hydrogen-bond acceptors (Lipinski definition) is 3. The molecule has 1 fully saturated rings. The monoisotopic (exact) mass is 281 g/mol. The van der Waals surface area contributed by atoms with Gasteiger partial charge in [0.25, 0.3) is 0 Å². The molecule has 0 saturated heterocycles. The van der Waals surface area contributed by atoms with Gasteiger partial charge < -0.3 is 10.4 Å². The fraction of sp³-hybridized carbons (Fsp3) is 0.571. The largest absolute Gasteiger partial charge is 0.481 e. The van der Waals surface area contributed by atoms with Crippen LogP contribution in [0.2, 0.25) is 0 Å². The van der Waals surface area contributed by atoms with Crippen LogP contribution in [0.3, 0.4) is 0 Å². The van der Waals surface area contributed by atoms with Gasteiger partial charge in [0.05, 0.1) is 11.8 Å². The van der Waals surface area contributed by atoms with E-state index in [1.807, 2.05) is 38.3 Å². The zero-order valence-electron chi connectivity index (χ0n) is 11.3. The lowest BCUT2D eigenvalue weighted by atomic mass is 10.1. The number of carboxylic acids is 1. The Morgan fingerprint density at radius 3 is 2.63 bits per heavy atom. The number of carbonyl (C=O) groups excluding carboxylic acids is 1. The predicted octanol–water partition coefficient (Wildman–Crippen LogP) is 2.15. The standard InChI is InChI=1S/C14H19NO3S/c1-8(7-9-5-4-6-19-9)15-12(16)10-11(13(17)18)14(10,2)3/h4-6,8,10-11H,7H2,1-3H3,(H,15,16)(H,17,18)/t8?,10-,11+/m1/s1. The molecule has 2 rings (SSSR count). The van der Waals surface area contributed by atoms with E-state index in [-0.39, 0.29) is 11.9 Å². The number of carbonyl (C=O) groups is 2. The number of amides is 1. The summed E-state index contributed by atoms with van der Waals surface area (Å²) in [6, 6.07) is 4.05. The summed E-state index contributed by atoms with van der Waals surface area (Å²) in [7, 11) is 0. The fourth-order valence-corrected chi connectivity index (χ4v) is 3.54. The van der Waals surface area contributed by atoms with Gasteiger partial charge in [0.2, 0.25) is 5.91 Å². The molecule has 0 radical (unpaired) electrons. The molecule has 0 aromatic carbocycles. The minimum Gasteiger partial charge on any atom is -0.481 e. The van der Waals surface area contributed by atoms with Crippen LogP contribution in [0.15, 0.2) is 17.5 Å². The number of thiophene rings is 1. The lowest BCUT2D eigenvalue weighted by molar-refractivity contribution is -0.140. The average Bonchev–Trinajstić information content (AvgIpc) is 2.66. The molecule has 3 atom stereocenters. The normalized spacial score (nSPS) is 25.6. The van der Waals surface area contributed by atoms with Crippen molar-refractivity contribution in [3.63, 3.8) is 0 Å². The van der Waals surface area contributed by atoms with E-state index in [0.29, 0.717) is 0 Å². The fourth-order valence-electron chi connectivity index (χ4n) is 2.70. The van der Waals surface area contributed by atoms with Crippen molar-refractivity contribution in [2.45, 2.75) is 33.2 Å². The van der Waals surface area contributed by atoms with Crippen LogP contribution >= 0.6 is 11.3 Å². The molecule has 104 valence electrons. The van der Waals surface area contributed by atoms with Crippen molar-refractivity contribution in [1.82, 2.24) is 5.32 Å². The van der Waals surface area contributed by atoms with E-state index < -0.39 is 23.2 Å². The molecule has 1 aliphatic rings. The third-order valence-corrected chi connectivity index (χ3v) is 4.75. The summed E-state index contributed by atoms with van der Waals surface area (Å²) in [4.78, 5) is 24.4. The molecule has 1 aliphatic carbocycles. The quantitative estimate of drug-likeness (QED) is 0.869. The van der Waals surface area contributed by atoms with Gasteiger partial charge in [-0.3, -0.25) is 9.59 Å². The van der Waals surface area contributed by atoms with Gasteiger partial charge in [0.15, 0.2) is 0 Å². The first-order valence-corrected chi connectivity index (χ1v) is 7.27. The van der Waals surface area contributed by atoms with Gasteiger partial charge in [0, 0.05) is 17.3 Å². The van der Waals surface area contributed by atoms with Gasteiger partial charge in [-0.05, 0) is 23.8 Å². The molecule has 4 nitrogen and oxygen atoms in total. The summed E-state index contributed by atoms with van der Waals surface area (Å²) < 4.78 is 0. The minimum atomic E-state index is -0.879. The molecule has 1 heterocycles. The number of rotatable bonds is 5. The van der Waals surface area contributed by atoms with E-state index in [1.165, 1.54) is 4.88 Å². The van der Waals surface area contributed by atoms with Crippen LogP contribution in [0, 0.1) is 17.3 Å². The van der Waals surface area contributed by atoms with E-state index in [9.17, 15) is 9.59 Å². The van der Waals surface area contributed by atoms with Crippen LogP contribution < -0.4 is 5.32 Å². The molecule has 2 N–H and O–H groups in total. The first-order chi connectivity index (χ1) is 8.84. The topological polar surface area (TPSA) is 66.4 Å². The third kappa shape index (κ3) is 2.81. The summed E-state index contributed by atoms with van der Waals surface area (Å²) in [6.07, 6.45) is 0.786. The summed E-state index contributed by atoms with van der Waals surface area (Å²) in [5.41, 5.74) is -0.432. The minimum absolute atomic E-state index is 0.0250. The van der Waals surface area contributed by atoms with Crippen LogP contribution in [-0.4, -0.2) is 23.0 Å². The smallest absolute Gasteiger partial charge is 0.307 e. The van der Waals surface area contributed by atoms with Gasteiger partial charge >= 0.3 is 5.97 Å². The highest BCUT2D eigenvalue weighted by molar-refractivity contribution is 7.09. The molecule has 1 amide bonds. The Hall–Kier alpha value is -1.36. The van der Waals surface area contributed by atoms with Crippen molar-refractivity contribution in [1.29, 1.82) is 0 Å². The maximum absolute atomic E-state index is 12.1. The molecule has 1 unspecified atom stereocenters. The predicted molar refractivity (Wildman–Crippen MR) is 74.0 cm³/mol. The lowest BCUT2D eigenvalue weighted by Crippen LogP contribution is -2.36. The summed E-state index contributed by atoms with van der Waals surface area (Å²) in [5.74, 6) is -1.98. The summed E-state index contributed by atoms with van der Waals surface area (Å²) in [5, 5.41) is 14.0. The Morgan fingerprint density at radius 2 is 2.16 bits per heavy atom. The second kappa shape index (κ2) is 4.96. The van der Waals surface area contributed by atoms with E-state index in [4.69, 9.17) is 5.11 Å². The highest BCUT2D eigenvalue weighted by Crippen LogP contribution is 2.58. The molecule has 19 heavy (non-hydrogen) atoms. The molecule has 1 saturated carbocycles. The molecule has 0 spiro atoms. The van der Waals surface area contributed by atoms with Crippen LogP contribution in [-0.2, 0) is 16.0 Å². The molecular formula is C14H19NO3S. The third-order valence-electron chi connectivity index (χ3n) is 3.85. The maximum atomic E-state index is 12.1. The van der Waals surface area contributed by atoms with Gasteiger partial charge in [-0.15, -0.1) is 11.3 Å². The molecular weight excluding hydrogens is 262 g/mol. The van der Waals surface area contributed by atoms with Gasteiger partial charge in [-0.1, -0.05) is 19.9 Å². The maximum Gasteiger partial charge on any atom is 0.307 e. The Bertz CT molecular complexity index is 481. The number of hydrogen-bond donors (Lipinski definition) is 2. The van der Waals surface area contributed by atoms with Crippen molar-refractivity contribution in [3.8, 4) is 0 Å². The van der Waals surface area contributed by atoms with E-state index in [2.05, 4.69) is 5.32 Å². The Balaban J connectivity index is 1.90. The zero-order valence-corrected chi connectivity index (χ0v) is 12.2. The molecule has 0 bridgehead atoms. The van der Waals surface area contributed by atoms with Crippen LogP contribution in [0.5, 0.6) is 0 Å². The summed E-state index contributed by atoms with van der Waals surface area (Å²) in [6.45, 7) is 5.61. The highest BCUT2D eigenvalue weighted by atomic mass is 32.1. The van der Waals surface area contributed by atoms with E-state index >= 15 is 0 Å². The second-order valence-electron chi connectivity index (χ2n) is 5.81. The highest BCUT2D eigenvalue weighted by Gasteiger charge is 2.65. The number of aliphatic carboxylic acids is 1. The van der Waals surface area contributed by atoms with Crippen LogP contribution in [0.1, 0.15) is 25.6 Å². The van der Waals surface area contributed by atoms with Crippen molar-refractivity contribution < 1.29 is 14.7 Å². The molecule has 1 aromatic heterocycles. The average molecular weight is 281 g/mol.